The molecule has 7 nitrogen and oxygen atoms in total. The first-order chi connectivity index (χ1) is 13.1. The molecule has 0 bridgehead atoms. The Balaban J connectivity index is 1.52. The fourth-order valence-electron chi connectivity index (χ4n) is 2.24. The van der Waals surface area contributed by atoms with Gasteiger partial charge in [-0.2, -0.15) is 10.2 Å². The van der Waals surface area contributed by atoms with Crippen LogP contribution in [0.1, 0.15) is 19.9 Å². The fraction of sp³-hybridized carbons (Fsp3) is 0.211. The van der Waals surface area contributed by atoms with Crippen molar-refractivity contribution in [3.8, 4) is 0 Å². The lowest BCUT2D eigenvalue weighted by Gasteiger charge is -2.09. The van der Waals surface area contributed by atoms with Crippen LogP contribution < -0.4 is 5.32 Å². The summed E-state index contributed by atoms with van der Waals surface area (Å²) in [6.07, 6.45) is 1.67. The number of carbonyl (C=O) groups excluding carboxylic acids is 1. The van der Waals surface area contributed by atoms with Crippen LogP contribution in [0.4, 0.5) is 17.1 Å². The minimum Gasteiger partial charge on any atom is -0.325 e. The van der Waals surface area contributed by atoms with Crippen molar-refractivity contribution in [2.75, 3.05) is 11.1 Å². The summed E-state index contributed by atoms with van der Waals surface area (Å²) < 4.78 is 1.94. The van der Waals surface area contributed by atoms with Gasteiger partial charge in [-0.05, 0) is 50.2 Å². The van der Waals surface area contributed by atoms with Gasteiger partial charge in [0.1, 0.15) is 6.33 Å². The number of nitrogens with zero attached hydrogens (tertiary/aromatic N) is 5. The minimum atomic E-state index is -0.100. The van der Waals surface area contributed by atoms with Crippen LogP contribution in [0.15, 0.2) is 76.3 Å². The summed E-state index contributed by atoms with van der Waals surface area (Å²) >= 11 is 1.36. The van der Waals surface area contributed by atoms with Gasteiger partial charge in [0.05, 0.1) is 17.1 Å². The number of nitrogens with one attached hydrogen (secondary N) is 1. The van der Waals surface area contributed by atoms with Gasteiger partial charge in [0.15, 0.2) is 5.16 Å². The topological polar surface area (TPSA) is 84.5 Å². The van der Waals surface area contributed by atoms with E-state index in [1.807, 2.05) is 60.9 Å². The smallest absolute Gasteiger partial charge is 0.234 e. The van der Waals surface area contributed by atoms with Crippen LogP contribution >= 0.6 is 11.8 Å². The predicted octanol–water partition coefficient (Wildman–Crippen LogP) is 5.01. The summed E-state index contributed by atoms with van der Waals surface area (Å²) in [4.78, 5) is 12.2. The molecule has 0 spiro atoms. The van der Waals surface area contributed by atoms with Crippen LogP contribution in [0.2, 0.25) is 0 Å². The van der Waals surface area contributed by atoms with Gasteiger partial charge in [-0.3, -0.25) is 4.79 Å². The normalized spacial score (nSPS) is 11.2. The van der Waals surface area contributed by atoms with Crippen molar-refractivity contribution in [2.24, 2.45) is 10.2 Å². The second-order valence-electron chi connectivity index (χ2n) is 6.03. The first kappa shape index (κ1) is 18.8. The molecule has 138 valence electrons. The van der Waals surface area contributed by atoms with Crippen molar-refractivity contribution in [1.82, 2.24) is 14.8 Å². The average Bonchev–Trinajstić information content (AvgIpc) is 3.16. The molecule has 3 aromatic rings. The van der Waals surface area contributed by atoms with E-state index >= 15 is 0 Å². The molecule has 0 unspecified atom stereocenters. The molecule has 0 fully saturated rings. The molecule has 1 N–H and O–H groups in total. The summed E-state index contributed by atoms with van der Waals surface area (Å²) in [5.41, 5.74) is 2.22. The Kier molecular flexibility index (Phi) is 6.32. The van der Waals surface area contributed by atoms with Crippen molar-refractivity contribution < 1.29 is 4.79 Å². The molecule has 1 heterocycles. The molecule has 2 aromatic carbocycles. The van der Waals surface area contributed by atoms with E-state index < -0.39 is 0 Å². The first-order valence-corrected chi connectivity index (χ1v) is 9.49. The van der Waals surface area contributed by atoms with Gasteiger partial charge in [0, 0.05) is 11.7 Å². The molecule has 0 saturated heterocycles. The van der Waals surface area contributed by atoms with Crippen LogP contribution in [-0.2, 0) is 4.79 Å². The second kappa shape index (κ2) is 9.09. The molecule has 0 saturated carbocycles. The number of thioether (sulfide) groups is 1. The minimum absolute atomic E-state index is 0.100. The van der Waals surface area contributed by atoms with E-state index in [9.17, 15) is 4.79 Å². The molecule has 27 heavy (non-hydrogen) atoms. The molecule has 0 aliphatic carbocycles. The maximum Gasteiger partial charge on any atom is 0.234 e. The number of azo groups is 1. The lowest BCUT2D eigenvalue weighted by Crippen LogP contribution is -2.14. The lowest BCUT2D eigenvalue weighted by atomic mass is 10.3. The van der Waals surface area contributed by atoms with Crippen molar-refractivity contribution in [3.63, 3.8) is 0 Å². The van der Waals surface area contributed by atoms with Crippen LogP contribution in [0.3, 0.4) is 0 Å². The Morgan fingerprint density at radius 3 is 2.41 bits per heavy atom. The number of rotatable bonds is 7. The molecule has 1 amide bonds. The number of amides is 1. The third kappa shape index (κ3) is 5.49. The maximum atomic E-state index is 12.2. The summed E-state index contributed by atoms with van der Waals surface area (Å²) in [6.45, 7) is 4.09. The van der Waals surface area contributed by atoms with E-state index in [0.29, 0.717) is 5.69 Å². The molecule has 0 aliphatic rings. The van der Waals surface area contributed by atoms with Crippen molar-refractivity contribution >= 4 is 34.7 Å². The average molecular weight is 380 g/mol. The van der Waals surface area contributed by atoms with E-state index in [-0.39, 0.29) is 17.7 Å². The van der Waals surface area contributed by atoms with Crippen LogP contribution in [0.5, 0.6) is 0 Å². The summed E-state index contributed by atoms with van der Waals surface area (Å²) in [5, 5.41) is 19.9. The Hall–Kier alpha value is -3.00. The monoisotopic (exact) mass is 380 g/mol. The van der Waals surface area contributed by atoms with Gasteiger partial charge in [0.2, 0.25) is 5.91 Å². The van der Waals surface area contributed by atoms with E-state index in [1.165, 1.54) is 11.8 Å². The Labute approximate surface area is 161 Å². The maximum absolute atomic E-state index is 12.2. The third-order valence-corrected chi connectivity index (χ3v) is 4.57. The van der Waals surface area contributed by atoms with Gasteiger partial charge in [-0.15, -0.1) is 10.2 Å². The molecule has 0 aliphatic heterocycles. The van der Waals surface area contributed by atoms with E-state index in [4.69, 9.17) is 0 Å². The number of hydrogen-bond acceptors (Lipinski definition) is 6. The Morgan fingerprint density at radius 1 is 1.07 bits per heavy atom. The standard InChI is InChI=1S/C19H20N6OS/c1-14(2)25-13-20-24-19(25)27-12-18(26)21-15-8-10-17(11-9-15)23-22-16-6-4-3-5-7-16/h3-11,13-14H,12H2,1-2H3,(H,21,26). The van der Waals surface area contributed by atoms with Gasteiger partial charge in [0.25, 0.3) is 0 Å². The Bertz CT molecular complexity index is 905. The third-order valence-electron chi connectivity index (χ3n) is 3.62. The fourth-order valence-corrected chi connectivity index (χ4v) is 3.08. The van der Waals surface area contributed by atoms with Gasteiger partial charge in [-0.25, -0.2) is 0 Å². The van der Waals surface area contributed by atoms with Crippen LogP contribution in [0, 0.1) is 0 Å². The molecule has 1 aromatic heterocycles. The quantitative estimate of drug-likeness (QED) is 0.461. The molecule has 3 rings (SSSR count). The first-order valence-electron chi connectivity index (χ1n) is 8.51. The van der Waals surface area contributed by atoms with E-state index in [1.54, 1.807) is 18.5 Å². The van der Waals surface area contributed by atoms with Crippen LogP contribution in [-0.4, -0.2) is 26.4 Å². The highest BCUT2D eigenvalue weighted by Gasteiger charge is 2.10. The molecular formula is C19H20N6OS. The SMILES string of the molecule is CC(C)n1cnnc1SCC(=O)Nc1ccc(N=Nc2ccccc2)cc1. The van der Waals surface area contributed by atoms with Crippen molar-refractivity contribution in [2.45, 2.75) is 25.0 Å². The number of anilines is 1. The number of aromatic nitrogens is 3. The largest absolute Gasteiger partial charge is 0.325 e. The molecule has 0 radical (unpaired) electrons. The highest BCUT2D eigenvalue weighted by Crippen LogP contribution is 2.21. The van der Waals surface area contributed by atoms with Gasteiger partial charge >= 0.3 is 0 Å². The van der Waals surface area contributed by atoms with Crippen LogP contribution in [0.25, 0.3) is 0 Å². The predicted molar refractivity (Wildman–Crippen MR) is 107 cm³/mol. The van der Waals surface area contributed by atoms with Gasteiger partial charge < -0.3 is 9.88 Å². The molecule has 8 heteroatoms. The number of benzene rings is 2. The number of carbonyl (C=O) groups is 1. The lowest BCUT2D eigenvalue weighted by molar-refractivity contribution is -0.113. The molecular weight excluding hydrogens is 360 g/mol. The summed E-state index contributed by atoms with van der Waals surface area (Å²) in [5.74, 6) is 0.165. The number of hydrogen-bond donors (Lipinski definition) is 1. The zero-order valence-electron chi connectivity index (χ0n) is 15.1. The highest BCUT2D eigenvalue weighted by molar-refractivity contribution is 7.99. The zero-order chi connectivity index (χ0) is 19.1. The Morgan fingerprint density at radius 2 is 1.74 bits per heavy atom. The van der Waals surface area contributed by atoms with Gasteiger partial charge in [-0.1, -0.05) is 30.0 Å². The van der Waals surface area contributed by atoms with E-state index in [0.717, 1.165) is 16.5 Å². The zero-order valence-corrected chi connectivity index (χ0v) is 15.9. The van der Waals surface area contributed by atoms with Crippen molar-refractivity contribution in [1.29, 1.82) is 0 Å². The van der Waals surface area contributed by atoms with Crippen molar-refractivity contribution in [3.05, 3.63) is 60.9 Å². The second-order valence-corrected chi connectivity index (χ2v) is 6.98. The highest BCUT2D eigenvalue weighted by atomic mass is 32.2. The summed E-state index contributed by atoms with van der Waals surface area (Å²) in [7, 11) is 0. The van der Waals surface area contributed by atoms with E-state index in [2.05, 4.69) is 25.7 Å². The summed E-state index contributed by atoms with van der Waals surface area (Å²) in [6, 6.07) is 17.0. The molecule has 0 atom stereocenters.